The SMILES string of the molecule is CCOC(=O)NC(=S)Nc1cc(Cl)nc(C)n1. The highest BCUT2D eigenvalue weighted by atomic mass is 35.5. The average molecular weight is 275 g/mol. The van der Waals surface area contributed by atoms with E-state index < -0.39 is 6.09 Å². The molecule has 1 aromatic heterocycles. The van der Waals surface area contributed by atoms with Crippen molar-refractivity contribution in [3.05, 3.63) is 17.0 Å². The summed E-state index contributed by atoms with van der Waals surface area (Å²) in [6.45, 7) is 3.66. The molecule has 0 aliphatic heterocycles. The van der Waals surface area contributed by atoms with E-state index in [0.717, 1.165) is 0 Å². The van der Waals surface area contributed by atoms with Gasteiger partial charge in [-0.05, 0) is 26.1 Å². The number of hydrogen-bond donors (Lipinski definition) is 2. The monoisotopic (exact) mass is 274 g/mol. The van der Waals surface area contributed by atoms with Crippen molar-refractivity contribution in [2.45, 2.75) is 13.8 Å². The van der Waals surface area contributed by atoms with Crippen LogP contribution in [0.3, 0.4) is 0 Å². The third kappa shape index (κ3) is 4.92. The Morgan fingerprint density at radius 3 is 2.88 bits per heavy atom. The number of halogens is 1. The quantitative estimate of drug-likeness (QED) is 0.633. The summed E-state index contributed by atoms with van der Waals surface area (Å²) in [4.78, 5) is 19.0. The van der Waals surface area contributed by atoms with E-state index in [1.165, 1.54) is 6.07 Å². The molecule has 92 valence electrons. The number of hydrogen-bond acceptors (Lipinski definition) is 5. The molecule has 6 nitrogen and oxygen atoms in total. The van der Waals surface area contributed by atoms with Crippen molar-refractivity contribution in [3.63, 3.8) is 0 Å². The van der Waals surface area contributed by atoms with E-state index in [-0.39, 0.29) is 11.7 Å². The third-order valence-corrected chi connectivity index (χ3v) is 1.94. The van der Waals surface area contributed by atoms with Gasteiger partial charge in [0.1, 0.15) is 16.8 Å². The number of nitrogens with one attached hydrogen (secondary N) is 2. The lowest BCUT2D eigenvalue weighted by Gasteiger charge is -2.08. The van der Waals surface area contributed by atoms with E-state index in [4.69, 9.17) is 23.8 Å². The Labute approximate surface area is 109 Å². The van der Waals surface area contributed by atoms with Crippen LogP contribution in [0.15, 0.2) is 6.07 Å². The predicted octanol–water partition coefficient (Wildman–Crippen LogP) is 1.88. The van der Waals surface area contributed by atoms with Crippen molar-refractivity contribution in [3.8, 4) is 0 Å². The van der Waals surface area contributed by atoms with Gasteiger partial charge in [0.2, 0.25) is 0 Å². The highest BCUT2D eigenvalue weighted by Crippen LogP contribution is 2.10. The largest absolute Gasteiger partial charge is 0.450 e. The van der Waals surface area contributed by atoms with Gasteiger partial charge in [-0.25, -0.2) is 14.8 Å². The van der Waals surface area contributed by atoms with Crippen molar-refractivity contribution in [1.82, 2.24) is 15.3 Å². The number of aryl methyl sites for hydroxylation is 1. The number of carbonyl (C=O) groups excluding carboxylic acids is 1. The number of rotatable bonds is 2. The minimum absolute atomic E-state index is 0.0811. The third-order valence-electron chi connectivity index (χ3n) is 1.54. The molecule has 0 bridgehead atoms. The Kier molecular flexibility index (Phi) is 5.05. The van der Waals surface area contributed by atoms with Crippen molar-refractivity contribution in [2.24, 2.45) is 0 Å². The summed E-state index contributed by atoms with van der Waals surface area (Å²) in [5, 5.41) is 5.39. The van der Waals surface area contributed by atoms with Gasteiger partial charge in [0.15, 0.2) is 5.11 Å². The lowest BCUT2D eigenvalue weighted by atomic mass is 10.5. The summed E-state index contributed by atoms with van der Waals surface area (Å²) in [6, 6.07) is 1.49. The number of anilines is 1. The van der Waals surface area contributed by atoms with Crippen LogP contribution < -0.4 is 10.6 Å². The Hall–Kier alpha value is -1.47. The lowest BCUT2D eigenvalue weighted by Crippen LogP contribution is -2.34. The Bertz CT molecular complexity index is 421. The normalized spacial score (nSPS) is 9.59. The zero-order valence-electron chi connectivity index (χ0n) is 9.28. The molecule has 1 heterocycles. The second-order valence-electron chi connectivity index (χ2n) is 2.92. The number of aromatic nitrogens is 2. The number of nitrogens with zero attached hydrogens (tertiary/aromatic N) is 2. The van der Waals surface area contributed by atoms with Gasteiger partial charge in [-0.2, -0.15) is 0 Å². The molecule has 0 aliphatic rings. The number of ether oxygens (including phenoxy) is 1. The van der Waals surface area contributed by atoms with Crippen molar-refractivity contribution >= 4 is 40.8 Å². The van der Waals surface area contributed by atoms with Gasteiger partial charge in [-0.3, -0.25) is 5.32 Å². The standard InChI is InChI=1S/C9H11ClN4O2S/c1-3-16-9(15)14-8(17)13-7-4-6(10)11-5(2)12-7/h4H,3H2,1-2H3,(H2,11,12,13,14,15,17). The van der Waals surface area contributed by atoms with Gasteiger partial charge in [-0.15, -0.1) is 0 Å². The van der Waals surface area contributed by atoms with E-state index in [1.807, 2.05) is 0 Å². The maximum Gasteiger partial charge on any atom is 0.413 e. The van der Waals surface area contributed by atoms with E-state index in [0.29, 0.717) is 16.8 Å². The fourth-order valence-corrected chi connectivity index (χ4v) is 1.42. The molecule has 0 aromatic carbocycles. The van der Waals surface area contributed by atoms with Crippen LogP contribution in [0, 0.1) is 6.92 Å². The molecule has 1 aromatic rings. The van der Waals surface area contributed by atoms with Gasteiger partial charge >= 0.3 is 6.09 Å². The fourth-order valence-electron chi connectivity index (χ4n) is 1.00. The summed E-state index contributed by atoms with van der Waals surface area (Å²) in [5.74, 6) is 0.906. The Morgan fingerprint density at radius 1 is 1.59 bits per heavy atom. The molecule has 0 spiro atoms. The van der Waals surface area contributed by atoms with Crippen LogP contribution in [-0.4, -0.2) is 27.8 Å². The van der Waals surface area contributed by atoms with E-state index >= 15 is 0 Å². The van der Waals surface area contributed by atoms with E-state index in [1.54, 1.807) is 13.8 Å². The molecule has 0 saturated heterocycles. The summed E-state index contributed by atoms with van der Waals surface area (Å²) in [5.41, 5.74) is 0. The molecule has 0 atom stereocenters. The summed E-state index contributed by atoms with van der Waals surface area (Å²) in [6.07, 6.45) is -0.623. The smallest absolute Gasteiger partial charge is 0.413 e. The summed E-state index contributed by atoms with van der Waals surface area (Å²) < 4.78 is 4.66. The topological polar surface area (TPSA) is 76.1 Å². The first-order valence-electron chi connectivity index (χ1n) is 4.77. The molecular formula is C9H11ClN4O2S. The van der Waals surface area contributed by atoms with E-state index in [9.17, 15) is 4.79 Å². The average Bonchev–Trinajstić information content (AvgIpc) is 2.14. The first-order chi connectivity index (χ1) is 8.01. The second-order valence-corrected chi connectivity index (χ2v) is 3.72. The molecule has 0 unspecified atom stereocenters. The van der Waals surface area contributed by atoms with Gasteiger partial charge in [0.25, 0.3) is 0 Å². The molecule has 0 fully saturated rings. The molecule has 8 heteroatoms. The van der Waals surface area contributed by atoms with Crippen molar-refractivity contribution < 1.29 is 9.53 Å². The maximum absolute atomic E-state index is 11.1. The van der Waals surface area contributed by atoms with Gasteiger partial charge in [0, 0.05) is 6.07 Å². The highest BCUT2D eigenvalue weighted by Gasteiger charge is 2.06. The predicted molar refractivity (Wildman–Crippen MR) is 68.2 cm³/mol. The highest BCUT2D eigenvalue weighted by molar-refractivity contribution is 7.80. The van der Waals surface area contributed by atoms with Crippen LogP contribution in [0.1, 0.15) is 12.7 Å². The van der Waals surface area contributed by atoms with Crippen LogP contribution in [-0.2, 0) is 4.74 Å². The maximum atomic E-state index is 11.1. The lowest BCUT2D eigenvalue weighted by molar-refractivity contribution is 0.158. The molecule has 17 heavy (non-hydrogen) atoms. The van der Waals surface area contributed by atoms with Crippen LogP contribution in [0.5, 0.6) is 0 Å². The van der Waals surface area contributed by atoms with Gasteiger partial charge in [-0.1, -0.05) is 11.6 Å². The summed E-state index contributed by atoms with van der Waals surface area (Å²) in [7, 11) is 0. The van der Waals surface area contributed by atoms with Crippen LogP contribution in [0.25, 0.3) is 0 Å². The number of thiocarbonyl (C=S) groups is 1. The van der Waals surface area contributed by atoms with Crippen molar-refractivity contribution in [1.29, 1.82) is 0 Å². The molecule has 2 N–H and O–H groups in total. The first-order valence-corrected chi connectivity index (χ1v) is 5.56. The molecule has 0 radical (unpaired) electrons. The molecule has 0 saturated carbocycles. The van der Waals surface area contributed by atoms with Gasteiger partial charge in [0.05, 0.1) is 6.61 Å². The Balaban J connectivity index is 2.59. The van der Waals surface area contributed by atoms with Crippen LogP contribution in [0.4, 0.5) is 10.6 Å². The van der Waals surface area contributed by atoms with Crippen LogP contribution >= 0.6 is 23.8 Å². The van der Waals surface area contributed by atoms with Crippen molar-refractivity contribution in [2.75, 3.05) is 11.9 Å². The molecule has 0 aliphatic carbocycles. The van der Waals surface area contributed by atoms with Crippen LogP contribution in [0.2, 0.25) is 5.15 Å². The molecule has 1 amide bonds. The zero-order chi connectivity index (χ0) is 12.8. The minimum atomic E-state index is -0.623. The molecule has 1 rings (SSSR count). The first kappa shape index (κ1) is 13.6. The molecular weight excluding hydrogens is 264 g/mol. The minimum Gasteiger partial charge on any atom is -0.450 e. The second kappa shape index (κ2) is 6.31. The number of alkyl carbamates (subject to hydrolysis) is 1. The Morgan fingerprint density at radius 2 is 2.29 bits per heavy atom. The van der Waals surface area contributed by atoms with Gasteiger partial charge < -0.3 is 10.1 Å². The fraction of sp³-hybridized carbons (Fsp3) is 0.333. The summed E-state index contributed by atoms with van der Waals surface area (Å²) >= 11 is 10.6. The zero-order valence-corrected chi connectivity index (χ0v) is 10.9. The number of carbonyl (C=O) groups is 1. The van der Waals surface area contributed by atoms with E-state index in [2.05, 4.69) is 25.3 Å². The number of amides is 1.